The van der Waals surface area contributed by atoms with E-state index in [2.05, 4.69) is 5.32 Å². The van der Waals surface area contributed by atoms with E-state index < -0.39 is 28.5 Å². The Hall–Kier alpha value is -3.27. The average Bonchev–Trinajstić information content (AvgIpc) is 3.28. The molecule has 0 unspecified atom stereocenters. The molecule has 0 radical (unpaired) electrons. The lowest BCUT2D eigenvalue weighted by atomic mass is 10.1. The van der Waals surface area contributed by atoms with Crippen LogP contribution in [0.25, 0.3) is 0 Å². The normalized spacial score (nSPS) is 14.2. The second kappa shape index (κ2) is 11.0. The van der Waals surface area contributed by atoms with Gasteiger partial charge in [-0.05, 0) is 50.5 Å². The van der Waals surface area contributed by atoms with Crippen LogP contribution in [0.3, 0.4) is 0 Å². The molecular formula is C25H33N3O6S. The number of sulfonamides is 1. The van der Waals surface area contributed by atoms with Gasteiger partial charge in [-0.3, -0.25) is 13.9 Å². The van der Waals surface area contributed by atoms with E-state index in [1.807, 2.05) is 45.0 Å². The van der Waals surface area contributed by atoms with Gasteiger partial charge < -0.3 is 19.7 Å². The number of carbonyl (C=O) groups is 2. The van der Waals surface area contributed by atoms with Crippen LogP contribution in [-0.4, -0.2) is 56.8 Å². The summed E-state index contributed by atoms with van der Waals surface area (Å²) in [5.41, 5.74) is 2.12. The van der Waals surface area contributed by atoms with Crippen LogP contribution in [-0.2, 0) is 26.2 Å². The van der Waals surface area contributed by atoms with Crippen LogP contribution in [0, 0.1) is 6.92 Å². The number of amides is 2. The summed E-state index contributed by atoms with van der Waals surface area (Å²) in [6.07, 6.45) is 1.78. The van der Waals surface area contributed by atoms with Gasteiger partial charge in [-0.1, -0.05) is 31.2 Å². The number of ether oxygens (including phenoxy) is 2. The lowest BCUT2D eigenvalue weighted by Gasteiger charge is -2.32. The number of benzene rings is 2. The van der Waals surface area contributed by atoms with E-state index >= 15 is 0 Å². The van der Waals surface area contributed by atoms with Gasteiger partial charge >= 0.3 is 0 Å². The van der Waals surface area contributed by atoms with Crippen molar-refractivity contribution in [2.75, 3.05) is 23.9 Å². The molecule has 0 saturated carbocycles. The van der Waals surface area contributed by atoms with Gasteiger partial charge in [0, 0.05) is 18.7 Å². The topological polar surface area (TPSA) is 105 Å². The van der Waals surface area contributed by atoms with E-state index in [1.165, 1.54) is 11.0 Å². The highest BCUT2D eigenvalue weighted by atomic mass is 32.2. The smallest absolute Gasteiger partial charge is 0.244 e. The van der Waals surface area contributed by atoms with Gasteiger partial charge in [-0.25, -0.2) is 8.42 Å². The molecule has 0 spiro atoms. The molecule has 0 fully saturated rings. The van der Waals surface area contributed by atoms with Crippen molar-refractivity contribution in [3.05, 3.63) is 53.6 Å². The van der Waals surface area contributed by atoms with Gasteiger partial charge in [0.25, 0.3) is 0 Å². The lowest BCUT2D eigenvalue weighted by molar-refractivity contribution is -0.139. The molecule has 0 bridgehead atoms. The quantitative estimate of drug-likeness (QED) is 0.535. The van der Waals surface area contributed by atoms with E-state index in [1.54, 1.807) is 19.1 Å². The third-order valence-corrected chi connectivity index (χ3v) is 7.23. The van der Waals surface area contributed by atoms with Crippen molar-refractivity contribution in [3.63, 3.8) is 0 Å². The predicted molar refractivity (Wildman–Crippen MR) is 134 cm³/mol. The molecule has 2 amide bonds. The second-order valence-corrected chi connectivity index (χ2v) is 10.7. The minimum absolute atomic E-state index is 0.0452. The molecule has 0 saturated heterocycles. The molecule has 190 valence electrons. The van der Waals surface area contributed by atoms with Crippen molar-refractivity contribution in [1.82, 2.24) is 10.2 Å². The molecule has 9 nitrogen and oxygen atoms in total. The second-order valence-electron chi connectivity index (χ2n) is 8.75. The molecule has 1 heterocycles. The minimum atomic E-state index is -3.82. The fourth-order valence-corrected chi connectivity index (χ4v) is 4.51. The number of hydrogen-bond donors (Lipinski definition) is 1. The first-order chi connectivity index (χ1) is 16.5. The van der Waals surface area contributed by atoms with Crippen molar-refractivity contribution >= 4 is 27.5 Å². The number of nitrogens with zero attached hydrogens (tertiary/aromatic N) is 2. The van der Waals surface area contributed by atoms with Crippen LogP contribution in [0.5, 0.6) is 11.5 Å². The van der Waals surface area contributed by atoms with Crippen LogP contribution in [0.15, 0.2) is 42.5 Å². The SMILES string of the molecule is CC[C@H](C)NC(=O)[C@@H](C)N(Cc1ccccc1C)C(=O)CN(c1ccc2c(c1)OCO2)S(C)(=O)=O. The average molecular weight is 504 g/mol. The standard InChI is InChI=1S/C25H33N3O6S/c1-6-18(3)26-25(30)19(4)27(14-20-10-8-7-9-17(20)2)24(29)15-28(35(5,31)32)21-11-12-22-23(13-21)34-16-33-22/h7-13,18-19H,6,14-16H2,1-5H3,(H,26,30)/t18-,19+/m0/s1. The first kappa shape index (κ1) is 26.3. The van der Waals surface area contributed by atoms with Crippen LogP contribution < -0.4 is 19.1 Å². The number of carbonyl (C=O) groups excluding carboxylic acids is 2. The summed E-state index contributed by atoms with van der Waals surface area (Å²) in [5.74, 6) is 0.116. The molecule has 1 N–H and O–H groups in total. The van der Waals surface area contributed by atoms with Crippen molar-refractivity contribution in [2.24, 2.45) is 0 Å². The largest absolute Gasteiger partial charge is 0.454 e. The maximum absolute atomic E-state index is 13.6. The maximum Gasteiger partial charge on any atom is 0.244 e. The van der Waals surface area contributed by atoms with Gasteiger partial charge in [0.05, 0.1) is 11.9 Å². The van der Waals surface area contributed by atoms with E-state index in [0.717, 1.165) is 28.1 Å². The highest BCUT2D eigenvalue weighted by molar-refractivity contribution is 7.92. The Balaban J connectivity index is 1.92. The summed E-state index contributed by atoms with van der Waals surface area (Å²) in [6, 6.07) is 11.4. The van der Waals surface area contributed by atoms with Gasteiger partial charge in [-0.2, -0.15) is 0 Å². The molecular weight excluding hydrogens is 470 g/mol. The summed E-state index contributed by atoms with van der Waals surface area (Å²) in [5, 5.41) is 2.91. The molecule has 2 atom stereocenters. The Morgan fingerprint density at radius 1 is 1.09 bits per heavy atom. The highest BCUT2D eigenvalue weighted by Crippen LogP contribution is 2.36. The van der Waals surface area contributed by atoms with Gasteiger partial charge in [0.2, 0.25) is 28.6 Å². The summed E-state index contributed by atoms with van der Waals surface area (Å²) in [4.78, 5) is 28.0. The monoisotopic (exact) mass is 503 g/mol. The number of aryl methyl sites for hydroxylation is 1. The molecule has 35 heavy (non-hydrogen) atoms. The number of anilines is 1. The minimum Gasteiger partial charge on any atom is -0.454 e. The Bertz CT molecular complexity index is 1180. The Labute approximate surface area is 207 Å². The Morgan fingerprint density at radius 2 is 1.77 bits per heavy atom. The fourth-order valence-electron chi connectivity index (χ4n) is 3.67. The fraction of sp³-hybridized carbons (Fsp3) is 0.440. The van der Waals surface area contributed by atoms with Crippen LogP contribution in [0.1, 0.15) is 38.3 Å². The number of hydrogen-bond acceptors (Lipinski definition) is 6. The number of fused-ring (bicyclic) bond motifs is 1. The third-order valence-electron chi connectivity index (χ3n) is 6.09. The predicted octanol–water partition coefficient (Wildman–Crippen LogP) is 2.82. The van der Waals surface area contributed by atoms with E-state index in [-0.39, 0.29) is 31.0 Å². The highest BCUT2D eigenvalue weighted by Gasteiger charge is 2.31. The van der Waals surface area contributed by atoms with Crippen molar-refractivity contribution in [2.45, 2.75) is 52.7 Å². The van der Waals surface area contributed by atoms with Gasteiger partial charge in [0.15, 0.2) is 11.5 Å². The number of nitrogens with one attached hydrogen (secondary N) is 1. The number of rotatable bonds is 10. The van der Waals surface area contributed by atoms with E-state index in [9.17, 15) is 18.0 Å². The first-order valence-corrected chi connectivity index (χ1v) is 13.4. The van der Waals surface area contributed by atoms with Crippen LogP contribution in [0.2, 0.25) is 0 Å². The molecule has 0 aliphatic carbocycles. The summed E-state index contributed by atoms with van der Waals surface area (Å²) < 4.78 is 37.1. The Kier molecular flexibility index (Phi) is 8.26. The zero-order chi connectivity index (χ0) is 25.8. The van der Waals surface area contributed by atoms with E-state index in [0.29, 0.717) is 11.5 Å². The van der Waals surface area contributed by atoms with Crippen LogP contribution >= 0.6 is 0 Å². The van der Waals surface area contributed by atoms with Crippen molar-refractivity contribution in [1.29, 1.82) is 0 Å². The molecule has 0 aromatic heterocycles. The first-order valence-electron chi connectivity index (χ1n) is 11.5. The lowest BCUT2D eigenvalue weighted by Crippen LogP contribution is -2.52. The Morgan fingerprint density at radius 3 is 2.43 bits per heavy atom. The van der Waals surface area contributed by atoms with Crippen molar-refractivity contribution < 1.29 is 27.5 Å². The molecule has 2 aromatic carbocycles. The molecule has 1 aliphatic rings. The molecule has 10 heteroatoms. The molecule has 1 aliphatic heterocycles. The summed E-state index contributed by atoms with van der Waals surface area (Å²) in [7, 11) is -3.82. The van der Waals surface area contributed by atoms with Gasteiger partial charge in [0.1, 0.15) is 12.6 Å². The zero-order valence-electron chi connectivity index (χ0n) is 20.8. The maximum atomic E-state index is 13.6. The zero-order valence-corrected chi connectivity index (χ0v) is 21.6. The van der Waals surface area contributed by atoms with E-state index in [4.69, 9.17) is 9.47 Å². The third kappa shape index (κ3) is 6.45. The molecule has 3 rings (SSSR count). The van der Waals surface area contributed by atoms with Crippen molar-refractivity contribution in [3.8, 4) is 11.5 Å². The van der Waals surface area contributed by atoms with Gasteiger partial charge in [-0.15, -0.1) is 0 Å². The molecule has 2 aromatic rings. The van der Waals surface area contributed by atoms with Crippen LogP contribution in [0.4, 0.5) is 5.69 Å². The summed E-state index contributed by atoms with van der Waals surface area (Å²) in [6.45, 7) is 7.18. The summed E-state index contributed by atoms with van der Waals surface area (Å²) >= 11 is 0.